The molecule has 25 heavy (non-hydrogen) atoms. The highest BCUT2D eigenvalue weighted by Crippen LogP contribution is 2.29. The fourth-order valence-electron chi connectivity index (χ4n) is 2.52. The lowest BCUT2D eigenvalue weighted by atomic mass is 10.0. The molecule has 1 heterocycles. The molecule has 2 atom stereocenters. The number of halogens is 1. The molecule has 0 aliphatic carbocycles. The van der Waals surface area contributed by atoms with Gasteiger partial charge in [-0.15, -0.1) is 10.2 Å². The first-order valence-electron chi connectivity index (χ1n) is 8.57. The van der Waals surface area contributed by atoms with E-state index in [1.165, 1.54) is 24.6 Å². The fourth-order valence-corrected chi connectivity index (χ4v) is 3.46. The molecule has 1 aromatic carbocycles. The first-order valence-corrected chi connectivity index (χ1v) is 9.83. The molecule has 0 unspecified atom stereocenters. The molecule has 0 bridgehead atoms. The third-order valence-corrected chi connectivity index (χ3v) is 5.40. The number of thioether (sulfide) groups is 1. The number of hydrogen-bond acceptors (Lipinski definition) is 4. The quantitative estimate of drug-likeness (QED) is 0.654. The Labute approximate surface area is 158 Å². The standard InChI is InChI=1S/C18H25ClN4OS/c1-4-5-6-12(2)11-23-17(14-7-9-15(19)10-8-14)21-22-18(23)25-13(3)16(20)24/h7-10,12-13H,4-6,11H2,1-3H3,(H2,20,24)/t12-,13-/m1/s1. The molecule has 0 aliphatic heterocycles. The molecule has 7 heteroatoms. The van der Waals surface area contributed by atoms with E-state index in [-0.39, 0.29) is 11.2 Å². The predicted molar refractivity (Wildman–Crippen MR) is 104 cm³/mol. The van der Waals surface area contributed by atoms with Crippen LogP contribution in [0.25, 0.3) is 11.4 Å². The zero-order valence-corrected chi connectivity index (χ0v) is 16.5. The number of amides is 1. The molecule has 2 rings (SSSR count). The van der Waals surface area contributed by atoms with Gasteiger partial charge in [0.1, 0.15) is 0 Å². The van der Waals surface area contributed by atoms with E-state index in [0.717, 1.165) is 29.5 Å². The van der Waals surface area contributed by atoms with Crippen molar-refractivity contribution in [2.75, 3.05) is 0 Å². The van der Waals surface area contributed by atoms with Gasteiger partial charge in [0.15, 0.2) is 11.0 Å². The van der Waals surface area contributed by atoms with Crippen LogP contribution in [0.4, 0.5) is 0 Å². The summed E-state index contributed by atoms with van der Waals surface area (Å²) in [6, 6.07) is 7.56. The maximum atomic E-state index is 11.4. The number of carbonyl (C=O) groups is 1. The number of hydrogen-bond donors (Lipinski definition) is 1. The van der Waals surface area contributed by atoms with Crippen molar-refractivity contribution in [1.82, 2.24) is 14.8 Å². The van der Waals surface area contributed by atoms with Gasteiger partial charge in [0, 0.05) is 17.1 Å². The van der Waals surface area contributed by atoms with Gasteiger partial charge in [-0.2, -0.15) is 0 Å². The van der Waals surface area contributed by atoms with Crippen molar-refractivity contribution in [1.29, 1.82) is 0 Å². The van der Waals surface area contributed by atoms with Crippen molar-refractivity contribution in [3.05, 3.63) is 29.3 Å². The van der Waals surface area contributed by atoms with Crippen LogP contribution in [0, 0.1) is 5.92 Å². The minimum atomic E-state index is -0.355. The minimum Gasteiger partial charge on any atom is -0.369 e. The van der Waals surface area contributed by atoms with Gasteiger partial charge in [-0.25, -0.2) is 0 Å². The van der Waals surface area contributed by atoms with E-state index in [1.807, 2.05) is 24.3 Å². The molecule has 0 saturated heterocycles. The zero-order chi connectivity index (χ0) is 18.4. The van der Waals surface area contributed by atoms with Crippen LogP contribution in [0.2, 0.25) is 5.02 Å². The van der Waals surface area contributed by atoms with E-state index in [1.54, 1.807) is 6.92 Å². The van der Waals surface area contributed by atoms with E-state index in [0.29, 0.717) is 10.9 Å². The minimum absolute atomic E-state index is 0.355. The predicted octanol–water partition coefficient (Wildman–Crippen LogP) is 4.39. The second-order valence-corrected chi connectivity index (χ2v) is 8.08. The number of rotatable bonds is 9. The van der Waals surface area contributed by atoms with Crippen LogP contribution >= 0.6 is 23.4 Å². The van der Waals surface area contributed by atoms with Crippen LogP contribution in [0.3, 0.4) is 0 Å². The second kappa shape index (κ2) is 9.25. The Hall–Kier alpha value is -1.53. The SMILES string of the molecule is CCCC[C@@H](C)Cn1c(S[C@H](C)C(N)=O)nnc1-c1ccc(Cl)cc1. The van der Waals surface area contributed by atoms with Crippen LogP contribution in [-0.4, -0.2) is 25.9 Å². The van der Waals surface area contributed by atoms with Crippen molar-refractivity contribution in [2.24, 2.45) is 11.7 Å². The molecular weight excluding hydrogens is 356 g/mol. The normalized spacial score (nSPS) is 13.6. The maximum Gasteiger partial charge on any atom is 0.230 e. The molecule has 2 N–H and O–H groups in total. The van der Waals surface area contributed by atoms with Gasteiger partial charge in [0.2, 0.25) is 5.91 Å². The first kappa shape index (κ1) is 19.8. The van der Waals surface area contributed by atoms with Gasteiger partial charge in [-0.05, 0) is 43.5 Å². The highest BCUT2D eigenvalue weighted by molar-refractivity contribution is 8.00. The van der Waals surface area contributed by atoms with Gasteiger partial charge in [-0.3, -0.25) is 4.79 Å². The lowest BCUT2D eigenvalue weighted by Crippen LogP contribution is -2.23. The molecule has 136 valence electrons. The highest BCUT2D eigenvalue weighted by atomic mass is 35.5. The molecule has 0 aliphatic rings. The zero-order valence-electron chi connectivity index (χ0n) is 14.9. The van der Waals surface area contributed by atoms with E-state index in [4.69, 9.17) is 17.3 Å². The Morgan fingerprint density at radius 3 is 2.56 bits per heavy atom. The van der Waals surface area contributed by atoms with Gasteiger partial charge in [0.25, 0.3) is 0 Å². The van der Waals surface area contributed by atoms with Gasteiger partial charge in [0.05, 0.1) is 5.25 Å². The van der Waals surface area contributed by atoms with Crippen molar-refractivity contribution in [2.45, 2.75) is 57.0 Å². The number of carbonyl (C=O) groups excluding carboxylic acids is 1. The Kier molecular flexibility index (Phi) is 7.32. The Bertz CT molecular complexity index is 702. The van der Waals surface area contributed by atoms with Crippen LogP contribution in [0.1, 0.15) is 40.0 Å². The van der Waals surface area contributed by atoms with Crippen molar-refractivity contribution < 1.29 is 4.79 Å². The summed E-state index contributed by atoms with van der Waals surface area (Å²) in [5.41, 5.74) is 6.36. The number of nitrogens with zero attached hydrogens (tertiary/aromatic N) is 3. The largest absolute Gasteiger partial charge is 0.369 e. The number of unbranched alkanes of at least 4 members (excludes halogenated alkanes) is 1. The molecule has 5 nitrogen and oxygen atoms in total. The van der Waals surface area contributed by atoms with Crippen LogP contribution in [-0.2, 0) is 11.3 Å². The fraction of sp³-hybridized carbons (Fsp3) is 0.500. The summed E-state index contributed by atoms with van der Waals surface area (Å²) >= 11 is 7.34. The summed E-state index contributed by atoms with van der Waals surface area (Å²) in [7, 11) is 0. The average molecular weight is 381 g/mol. The number of primary amides is 1. The van der Waals surface area contributed by atoms with E-state index in [9.17, 15) is 4.79 Å². The van der Waals surface area contributed by atoms with Crippen molar-refractivity contribution in [3.63, 3.8) is 0 Å². The monoisotopic (exact) mass is 380 g/mol. The van der Waals surface area contributed by atoms with Gasteiger partial charge < -0.3 is 10.3 Å². The Morgan fingerprint density at radius 1 is 1.28 bits per heavy atom. The van der Waals surface area contributed by atoms with Gasteiger partial charge >= 0.3 is 0 Å². The summed E-state index contributed by atoms with van der Waals surface area (Å²) < 4.78 is 2.09. The third kappa shape index (κ3) is 5.47. The van der Waals surface area contributed by atoms with E-state index >= 15 is 0 Å². The molecule has 2 aromatic rings. The van der Waals surface area contributed by atoms with E-state index in [2.05, 4.69) is 28.6 Å². The summed E-state index contributed by atoms with van der Waals surface area (Å²) in [6.07, 6.45) is 3.51. The maximum absolute atomic E-state index is 11.4. The van der Waals surface area contributed by atoms with Crippen LogP contribution in [0.15, 0.2) is 29.4 Å². The third-order valence-electron chi connectivity index (χ3n) is 4.05. The first-order chi connectivity index (χ1) is 11.9. The molecular formula is C18H25ClN4OS. The van der Waals surface area contributed by atoms with E-state index < -0.39 is 0 Å². The summed E-state index contributed by atoms with van der Waals surface area (Å²) in [5, 5.41) is 9.72. The number of nitrogens with two attached hydrogens (primary N) is 1. The molecule has 1 amide bonds. The highest BCUT2D eigenvalue weighted by Gasteiger charge is 2.20. The average Bonchev–Trinajstić information content (AvgIpc) is 2.96. The molecule has 0 fully saturated rings. The molecule has 1 aromatic heterocycles. The second-order valence-electron chi connectivity index (χ2n) is 6.33. The molecule has 0 spiro atoms. The summed E-state index contributed by atoms with van der Waals surface area (Å²) in [6.45, 7) is 7.01. The Morgan fingerprint density at radius 2 is 1.96 bits per heavy atom. The smallest absolute Gasteiger partial charge is 0.230 e. The van der Waals surface area contributed by atoms with Crippen molar-refractivity contribution >= 4 is 29.3 Å². The molecule has 0 radical (unpaired) electrons. The number of benzene rings is 1. The molecule has 0 saturated carbocycles. The van der Waals surface area contributed by atoms with Crippen LogP contribution < -0.4 is 5.73 Å². The lowest BCUT2D eigenvalue weighted by Gasteiger charge is -2.16. The number of aromatic nitrogens is 3. The summed E-state index contributed by atoms with van der Waals surface area (Å²) in [4.78, 5) is 11.4. The Balaban J connectivity index is 2.33. The summed E-state index contributed by atoms with van der Waals surface area (Å²) in [5.74, 6) is 0.927. The van der Waals surface area contributed by atoms with Crippen LogP contribution in [0.5, 0.6) is 0 Å². The van der Waals surface area contributed by atoms with Gasteiger partial charge in [-0.1, -0.05) is 50.1 Å². The lowest BCUT2D eigenvalue weighted by molar-refractivity contribution is -0.117. The topological polar surface area (TPSA) is 73.8 Å². The van der Waals surface area contributed by atoms with Crippen molar-refractivity contribution in [3.8, 4) is 11.4 Å².